The minimum absolute atomic E-state index is 0.239. The first-order valence-electron chi connectivity index (χ1n) is 4.93. The van der Waals surface area contributed by atoms with Gasteiger partial charge in [-0.2, -0.15) is 8.78 Å². The van der Waals surface area contributed by atoms with Crippen molar-refractivity contribution in [3.63, 3.8) is 0 Å². The quantitative estimate of drug-likeness (QED) is 0.717. The summed E-state index contributed by atoms with van der Waals surface area (Å²) in [7, 11) is 0. The van der Waals surface area contributed by atoms with E-state index in [-0.39, 0.29) is 18.5 Å². The van der Waals surface area contributed by atoms with Crippen molar-refractivity contribution < 1.29 is 13.6 Å². The Morgan fingerprint density at radius 3 is 2.43 bits per heavy atom. The first kappa shape index (κ1) is 11.4. The van der Waals surface area contributed by atoms with E-state index in [1.165, 1.54) is 0 Å². The monoisotopic (exact) mass is 206 g/mol. The molecule has 0 spiro atoms. The molecule has 0 heterocycles. The Bertz CT molecular complexity index is 193. The summed E-state index contributed by atoms with van der Waals surface area (Å²) in [5.74, 6) is -0.921. The van der Waals surface area contributed by atoms with E-state index in [4.69, 9.17) is 5.73 Å². The number of rotatable bonds is 4. The molecule has 5 heteroatoms. The molecule has 82 valence electrons. The van der Waals surface area contributed by atoms with Gasteiger partial charge in [-0.25, -0.2) is 0 Å². The van der Waals surface area contributed by atoms with Crippen LogP contribution >= 0.6 is 0 Å². The summed E-state index contributed by atoms with van der Waals surface area (Å²) in [6.07, 6.45) is 1.22. The first-order chi connectivity index (χ1) is 6.65. The molecule has 1 aliphatic carbocycles. The van der Waals surface area contributed by atoms with Crippen molar-refractivity contribution in [2.24, 2.45) is 11.7 Å². The van der Waals surface area contributed by atoms with Gasteiger partial charge in [-0.15, -0.1) is 0 Å². The topological polar surface area (TPSA) is 55.1 Å². The van der Waals surface area contributed by atoms with Gasteiger partial charge < -0.3 is 11.1 Å². The highest BCUT2D eigenvalue weighted by Gasteiger charge is 2.27. The predicted molar refractivity (Wildman–Crippen MR) is 48.9 cm³/mol. The fourth-order valence-electron chi connectivity index (χ4n) is 1.97. The average molecular weight is 206 g/mol. The molecule has 0 radical (unpaired) electrons. The standard InChI is InChI=1S/C9H16F2N2O/c10-8(11)9(14)13-7(5-12)6-3-1-2-4-6/h6-8H,1-5,12H2,(H,13,14). The molecular formula is C9H16F2N2O. The molecule has 14 heavy (non-hydrogen) atoms. The molecule has 1 atom stereocenters. The fraction of sp³-hybridized carbons (Fsp3) is 0.889. The summed E-state index contributed by atoms with van der Waals surface area (Å²) in [6.45, 7) is 0.239. The van der Waals surface area contributed by atoms with E-state index in [1.807, 2.05) is 0 Å². The molecule has 1 unspecified atom stereocenters. The number of hydrogen-bond donors (Lipinski definition) is 2. The summed E-state index contributed by atoms with van der Waals surface area (Å²) in [5.41, 5.74) is 5.44. The van der Waals surface area contributed by atoms with E-state index in [0.29, 0.717) is 0 Å². The molecule has 0 aromatic carbocycles. The molecule has 3 nitrogen and oxygen atoms in total. The Hall–Kier alpha value is -0.710. The van der Waals surface area contributed by atoms with Gasteiger partial charge in [-0.05, 0) is 18.8 Å². The van der Waals surface area contributed by atoms with Crippen LogP contribution in [0.4, 0.5) is 8.78 Å². The Balaban J connectivity index is 2.41. The van der Waals surface area contributed by atoms with Crippen LogP contribution in [0.2, 0.25) is 0 Å². The molecule has 1 amide bonds. The summed E-state index contributed by atoms with van der Waals surface area (Å²) in [5, 5.41) is 2.29. The van der Waals surface area contributed by atoms with Crippen LogP contribution in [0.5, 0.6) is 0 Å². The van der Waals surface area contributed by atoms with Crippen molar-refractivity contribution in [1.82, 2.24) is 5.32 Å². The largest absolute Gasteiger partial charge is 0.347 e. The van der Waals surface area contributed by atoms with Crippen LogP contribution in [-0.4, -0.2) is 24.9 Å². The maximum atomic E-state index is 12.0. The number of carbonyl (C=O) groups is 1. The summed E-state index contributed by atoms with van der Waals surface area (Å²) < 4.78 is 23.9. The lowest BCUT2D eigenvalue weighted by atomic mass is 9.98. The number of carbonyl (C=O) groups excluding carboxylic acids is 1. The minimum atomic E-state index is -2.94. The van der Waals surface area contributed by atoms with Crippen LogP contribution in [0.15, 0.2) is 0 Å². The van der Waals surface area contributed by atoms with E-state index >= 15 is 0 Å². The number of alkyl halides is 2. The molecule has 0 bridgehead atoms. The molecule has 3 N–H and O–H groups in total. The minimum Gasteiger partial charge on any atom is -0.347 e. The molecule has 0 saturated heterocycles. The predicted octanol–water partition coefficient (Wildman–Crippen LogP) is 0.885. The van der Waals surface area contributed by atoms with Gasteiger partial charge in [0.05, 0.1) is 0 Å². The summed E-state index contributed by atoms with van der Waals surface area (Å²) in [6, 6.07) is -0.279. The van der Waals surface area contributed by atoms with E-state index in [2.05, 4.69) is 5.32 Å². The lowest BCUT2D eigenvalue weighted by Gasteiger charge is -2.22. The number of amides is 1. The summed E-state index contributed by atoms with van der Waals surface area (Å²) in [4.78, 5) is 10.8. The van der Waals surface area contributed by atoms with Gasteiger partial charge in [0.25, 0.3) is 5.91 Å². The van der Waals surface area contributed by atoms with Gasteiger partial charge in [0.1, 0.15) is 0 Å². The first-order valence-corrected chi connectivity index (χ1v) is 4.93. The van der Waals surface area contributed by atoms with Crippen molar-refractivity contribution in [3.05, 3.63) is 0 Å². The van der Waals surface area contributed by atoms with Crippen molar-refractivity contribution in [2.75, 3.05) is 6.54 Å². The summed E-state index contributed by atoms with van der Waals surface area (Å²) >= 11 is 0. The number of nitrogens with one attached hydrogen (secondary N) is 1. The Morgan fingerprint density at radius 2 is 2.00 bits per heavy atom. The van der Waals surface area contributed by atoms with Gasteiger partial charge in [0.2, 0.25) is 0 Å². The molecule has 0 aromatic rings. The third-order valence-corrected chi connectivity index (χ3v) is 2.75. The van der Waals surface area contributed by atoms with Gasteiger partial charge >= 0.3 is 6.43 Å². The van der Waals surface area contributed by atoms with Crippen molar-refractivity contribution in [1.29, 1.82) is 0 Å². The van der Waals surface area contributed by atoms with Crippen LogP contribution in [-0.2, 0) is 4.79 Å². The molecular weight excluding hydrogens is 190 g/mol. The van der Waals surface area contributed by atoms with Crippen LogP contribution in [0, 0.1) is 5.92 Å². The second kappa shape index (κ2) is 5.24. The van der Waals surface area contributed by atoms with Gasteiger partial charge in [-0.3, -0.25) is 4.79 Å². The Morgan fingerprint density at radius 1 is 1.43 bits per heavy atom. The van der Waals surface area contributed by atoms with Crippen LogP contribution < -0.4 is 11.1 Å². The zero-order valence-electron chi connectivity index (χ0n) is 8.01. The van der Waals surface area contributed by atoms with Gasteiger partial charge in [0.15, 0.2) is 0 Å². The molecule has 0 aromatic heterocycles. The van der Waals surface area contributed by atoms with E-state index in [9.17, 15) is 13.6 Å². The molecule has 1 fully saturated rings. The maximum Gasteiger partial charge on any atom is 0.315 e. The highest BCUT2D eigenvalue weighted by Crippen LogP contribution is 2.27. The van der Waals surface area contributed by atoms with Crippen molar-refractivity contribution in [3.8, 4) is 0 Å². The molecule has 1 rings (SSSR count). The van der Waals surface area contributed by atoms with Crippen molar-refractivity contribution >= 4 is 5.91 Å². The fourth-order valence-corrected chi connectivity index (χ4v) is 1.97. The molecule has 1 aliphatic rings. The Kier molecular flexibility index (Phi) is 4.25. The van der Waals surface area contributed by atoms with Crippen molar-refractivity contribution in [2.45, 2.75) is 38.2 Å². The highest BCUT2D eigenvalue weighted by atomic mass is 19.3. The Labute approximate surface area is 82.0 Å². The molecule has 1 saturated carbocycles. The smallest absolute Gasteiger partial charge is 0.315 e. The normalized spacial score (nSPS) is 20.0. The third kappa shape index (κ3) is 2.90. The maximum absolute atomic E-state index is 12.0. The number of halogens is 2. The zero-order chi connectivity index (χ0) is 10.6. The zero-order valence-corrected chi connectivity index (χ0v) is 8.01. The molecule has 0 aliphatic heterocycles. The van der Waals surface area contributed by atoms with E-state index in [1.54, 1.807) is 0 Å². The number of nitrogens with two attached hydrogens (primary N) is 1. The number of hydrogen-bond acceptors (Lipinski definition) is 2. The lowest BCUT2D eigenvalue weighted by molar-refractivity contribution is -0.132. The van der Waals surface area contributed by atoms with E-state index < -0.39 is 12.3 Å². The highest BCUT2D eigenvalue weighted by molar-refractivity contribution is 5.79. The van der Waals surface area contributed by atoms with Crippen LogP contribution in [0.3, 0.4) is 0 Å². The lowest BCUT2D eigenvalue weighted by Crippen LogP contribution is -2.46. The SMILES string of the molecule is NCC(NC(=O)C(F)F)C1CCCC1. The second-order valence-electron chi connectivity index (χ2n) is 3.70. The third-order valence-electron chi connectivity index (χ3n) is 2.75. The van der Waals surface area contributed by atoms with Crippen LogP contribution in [0.25, 0.3) is 0 Å². The average Bonchev–Trinajstić information content (AvgIpc) is 2.66. The second-order valence-corrected chi connectivity index (χ2v) is 3.70. The van der Waals surface area contributed by atoms with E-state index in [0.717, 1.165) is 25.7 Å². The van der Waals surface area contributed by atoms with Gasteiger partial charge in [-0.1, -0.05) is 12.8 Å². The van der Waals surface area contributed by atoms with Gasteiger partial charge in [0, 0.05) is 12.6 Å². The van der Waals surface area contributed by atoms with Crippen LogP contribution in [0.1, 0.15) is 25.7 Å².